The standard InChI is InChI=1S/C16H21NO/c1-12(2)15-6-4-14(5-7-15)10-17-13(3)16-8-9-18-11-16/h4-9,11-13,17H,10H2,1-3H3. The molecule has 1 heterocycles. The Hall–Kier alpha value is -1.54. The van der Waals surface area contributed by atoms with Crippen LogP contribution in [0.5, 0.6) is 0 Å². The molecule has 0 fully saturated rings. The third-order valence-electron chi connectivity index (χ3n) is 3.30. The summed E-state index contributed by atoms with van der Waals surface area (Å²) in [6.45, 7) is 7.46. The Bertz CT molecular complexity index is 456. The van der Waals surface area contributed by atoms with Crippen LogP contribution < -0.4 is 5.32 Å². The van der Waals surface area contributed by atoms with E-state index in [0.717, 1.165) is 6.54 Å². The molecule has 0 radical (unpaired) electrons. The van der Waals surface area contributed by atoms with Gasteiger partial charge in [0.2, 0.25) is 0 Å². The van der Waals surface area contributed by atoms with Crippen LogP contribution in [0, 0.1) is 0 Å². The molecule has 0 saturated heterocycles. The van der Waals surface area contributed by atoms with Gasteiger partial charge in [0.1, 0.15) is 0 Å². The second-order valence-electron chi connectivity index (χ2n) is 5.06. The van der Waals surface area contributed by atoms with Gasteiger partial charge in [-0.3, -0.25) is 0 Å². The Morgan fingerprint density at radius 1 is 1.00 bits per heavy atom. The summed E-state index contributed by atoms with van der Waals surface area (Å²) < 4.78 is 5.09. The monoisotopic (exact) mass is 243 g/mol. The topological polar surface area (TPSA) is 25.2 Å². The molecular weight excluding hydrogens is 222 g/mol. The van der Waals surface area contributed by atoms with Gasteiger partial charge in [0.15, 0.2) is 0 Å². The summed E-state index contributed by atoms with van der Waals surface area (Å²) in [6, 6.07) is 11.1. The van der Waals surface area contributed by atoms with E-state index in [1.54, 1.807) is 12.5 Å². The average molecular weight is 243 g/mol. The lowest BCUT2D eigenvalue weighted by Gasteiger charge is -2.12. The highest BCUT2D eigenvalue weighted by Gasteiger charge is 2.06. The van der Waals surface area contributed by atoms with Crippen molar-refractivity contribution in [3.05, 3.63) is 59.5 Å². The predicted molar refractivity (Wildman–Crippen MR) is 74.5 cm³/mol. The van der Waals surface area contributed by atoms with Gasteiger partial charge >= 0.3 is 0 Å². The molecule has 2 heteroatoms. The first-order valence-corrected chi connectivity index (χ1v) is 6.51. The first-order valence-electron chi connectivity index (χ1n) is 6.51. The Kier molecular flexibility index (Phi) is 4.21. The van der Waals surface area contributed by atoms with Crippen molar-refractivity contribution >= 4 is 0 Å². The van der Waals surface area contributed by atoms with E-state index in [4.69, 9.17) is 4.42 Å². The molecule has 1 aromatic carbocycles. The highest BCUT2D eigenvalue weighted by atomic mass is 16.3. The van der Waals surface area contributed by atoms with Gasteiger partial charge in [-0.25, -0.2) is 0 Å². The van der Waals surface area contributed by atoms with E-state index in [-0.39, 0.29) is 0 Å². The third kappa shape index (κ3) is 3.23. The minimum absolute atomic E-state index is 0.313. The largest absolute Gasteiger partial charge is 0.472 e. The zero-order chi connectivity index (χ0) is 13.0. The minimum atomic E-state index is 0.313. The van der Waals surface area contributed by atoms with Gasteiger partial charge in [-0.1, -0.05) is 38.1 Å². The van der Waals surface area contributed by atoms with Crippen LogP contribution in [0.25, 0.3) is 0 Å². The van der Waals surface area contributed by atoms with Crippen LogP contribution in [0.2, 0.25) is 0 Å². The lowest BCUT2D eigenvalue weighted by atomic mass is 10.0. The predicted octanol–water partition coefficient (Wildman–Crippen LogP) is 4.25. The second-order valence-corrected chi connectivity index (χ2v) is 5.06. The molecule has 1 N–H and O–H groups in total. The Morgan fingerprint density at radius 2 is 1.72 bits per heavy atom. The van der Waals surface area contributed by atoms with Gasteiger partial charge < -0.3 is 9.73 Å². The van der Waals surface area contributed by atoms with E-state index in [1.165, 1.54) is 16.7 Å². The highest BCUT2D eigenvalue weighted by Crippen LogP contribution is 2.16. The third-order valence-corrected chi connectivity index (χ3v) is 3.30. The molecule has 0 saturated carbocycles. The molecule has 2 nitrogen and oxygen atoms in total. The van der Waals surface area contributed by atoms with Crippen LogP contribution in [-0.4, -0.2) is 0 Å². The molecule has 0 aliphatic heterocycles. The number of hydrogen-bond acceptors (Lipinski definition) is 2. The molecule has 1 unspecified atom stereocenters. The summed E-state index contributed by atoms with van der Waals surface area (Å²) in [5, 5.41) is 3.49. The van der Waals surface area contributed by atoms with Crippen molar-refractivity contribution in [2.45, 2.75) is 39.3 Å². The van der Waals surface area contributed by atoms with Crippen LogP contribution in [0.1, 0.15) is 49.4 Å². The highest BCUT2D eigenvalue weighted by molar-refractivity contribution is 5.24. The van der Waals surface area contributed by atoms with Crippen LogP contribution >= 0.6 is 0 Å². The van der Waals surface area contributed by atoms with Gasteiger partial charge in [-0.2, -0.15) is 0 Å². The van der Waals surface area contributed by atoms with Crippen molar-refractivity contribution in [3.8, 4) is 0 Å². The zero-order valence-corrected chi connectivity index (χ0v) is 11.3. The minimum Gasteiger partial charge on any atom is -0.472 e. The number of nitrogens with one attached hydrogen (secondary N) is 1. The molecule has 0 aliphatic rings. The van der Waals surface area contributed by atoms with Gasteiger partial charge in [0.05, 0.1) is 12.5 Å². The van der Waals surface area contributed by atoms with E-state index >= 15 is 0 Å². The zero-order valence-electron chi connectivity index (χ0n) is 11.3. The van der Waals surface area contributed by atoms with E-state index < -0.39 is 0 Å². The molecular formula is C16H21NO. The SMILES string of the molecule is CC(C)c1ccc(CNC(C)c2ccoc2)cc1. The Labute approximate surface area is 109 Å². The summed E-state index contributed by atoms with van der Waals surface area (Å²) >= 11 is 0. The molecule has 2 aromatic rings. The lowest BCUT2D eigenvalue weighted by molar-refractivity contribution is 0.538. The quantitative estimate of drug-likeness (QED) is 0.849. The van der Waals surface area contributed by atoms with Crippen LogP contribution in [0.3, 0.4) is 0 Å². The van der Waals surface area contributed by atoms with E-state index in [2.05, 4.69) is 50.4 Å². The van der Waals surface area contributed by atoms with Gasteiger partial charge in [-0.05, 0) is 30.0 Å². The maximum atomic E-state index is 5.09. The summed E-state index contributed by atoms with van der Waals surface area (Å²) in [7, 11) is 0. The van der Waals surface area contributed by atoms with Crippen LogP contribution in [0.4, 0.5) is 0 Å². The maximum Gasteiger partial charge on any atom is 0.0950 e. The molecule has 0 aliphatic carbocycles. The first-order chi connectivity index (χ1) is 8.66. The van der Waals surface area contributed by atoms with Gasteiger partial charge in [0.25, 0.3) is 0 Å². The number of rotatable bonds is 5. The lowest BCUT2D eigenvalue weighted by Crippen LogP contribution is -2.17. The van der Waals surface area contributed by atoms with Crippen molar-refractivity contribution in [2.75, 3.05) is 0 Å². The van der Waals surface area contributed by atoms with Crippen molar-refractivity contribution < 1.29 is 4.42 Å². The summed E-state index contributed by atoms with van der Waals surface area (Å²) in [5.41, 5.74) is 3.89. The fourth-order valence-electron chi connectivity index (χ4n) is 1.93. The van der Waals surface area contributed by atoms with E-state index in [1.807, 2.05) is 6.07 Å². The molecule has 0 amide bonds. The number of furan rings is 1. The maximum absolute atomic E-state index is 5.09. The normalized spacial score (nSPS) is 12.9. The fraction of sp³-hybridized carbons (Fsp3) is 0.375. The number of hydrogen-bond donors (Lipinski definition) is 1. The molecule has 1 atom stereocenters. The van der Waals surface area contributed by atoms with Crippen molar-refractivity contribution in [1.82, 2.24) is 5.32 Å². The summed E-state index contributed by atoms with van der Waals surface area (Å²) in [5.74, 6) is 0.594. The van der Waals surface area contributed by atoms with E-state index in [9.17, 15) is 0 Å². The summed E-state index contributed by atoms with van der Waals surface area (Å²) in [4.78, 5) is 0. The van der Waals surface area contributed by atoms with Crippen molar-refractivity contribution in [1.29, 1.82) is 0 Å². The van der Waals surface area contributed by atoms with Crippen molar-refractivity contribution in [2.24, 2.45) is 0 Å². The van der Waals surface area contributed by atoms with E-state index in [0.29, 0.717) is 12.0 Å². The average Bonchev–Trinajstić information content (AvgIpc) is 2.90. The molecule has 1 aromatic heterocycles. The molecule has 96 valence electrons. The smallest absolute Gasteiger partial charge is 0.0950 e. The molecule has 2 rings (SSSR count). The second kappa shape index (κ2) is 5.87. The van der Waals surface area contributed by atoms with Gasteiger partial charge in [0, 0.05) is 18.2 Å². The Balaban J connectivity index is 1.90. The van der Waals surface area contributed by atoms with Crippen molar-refractivity contribution in [3.63, 3.8) is 0 Å². The van der Waals surface area contributed by atoms with Gasteiger partial charge in [-0.15, -0.1) is 0 Å². The first kappa shape index (κ1) is 12.9. The van der Waals surface area contributed by atoms with Crippen LogP contribution in [0.15, 0.2) is 47.3 Å². The number of benzene rings is 1. The fourth-order valence-corrected chi connectivity index (χ4v) is 1.93. The summed E-state index contributed by atoms with van der Waals surface area (Å²) in [6.07, 6.45) is 3.50. The molecule has 18 heavy (non-hydrogen) atoms. The Morgan fingerprint density at radius 3 is 2.28 bits per heavy atom. The molecule has 0 spiro atoms. The molecule has 0 bridgehead atoms. The van der Waals surface area contributed by atoms with Crippen LogP contribution in [-0.2, 0) is 6.54 Å².